The molecule has 5 heteroatoms. The maximum absolute atomic E-state index is 11.2. The van der Waals surface area contributed by atoms with Gasteiger partial charge < -0.3 is 10.2 Å². The second-order valence-electron chi connectivity index (χ2n) is 4.74. The van der Waals surface area contributed by atoms with Gasteiger partial charge in [-0.1, -0.05) is 6.92 Å². The predicted octanol–water partition coefficient (Wildman–Crippen LogP) is 1.86. The van der Waals surface area contributed by atoms with Crippen molar-refractivity contribution in [1.29, 1.82) is 0 Å². The van der Waals surface area contributed by atoms with E-state index in [-0.39, 0.29) is 0 Å². The molecule has 18 heavy (non-hydrogen) atoms. The fourth-order valence-electron chi connectivity index (χ4n) is 1.94. The molecule has 98 valence electrons. The zero-order chi connectivity index (χ0) is 13.0. The first-order chi connectivity index (χ1) is 8.69. The highest BCUT2D eigenvalue weighted by atomic mass is 16.1. The van der Waals surface area contributed by atoms with Gasteiger partial charge in [0.25, 0.3) is 0 Å². The summed E-state index contributed by atoms with van der Waals surface area (Å²) >= 11 is 0. The maximum atomic E-state index is 11.2. The maximum Gasteiger partial charge on any atom is 0.136 e. The second-order valence-corrected chi connectivity index (χ2v) is 4.74. The topological polar surface area (TPSA) is 58.1 Å². The molecule has 1 aliphatic heterocycles. The molecule has 0 bridgehead atoms. The molecular formula is C13H20N4O. The Bertz CT molecular complexity index is 411. The average Bonchev–Trinajstić information content (AvgIpc) is 2.40. The molecule has 1 atom stereocenters. The van der Waals surface area contributed by atoms with E-state index >= 15 is 0 Å². The van der Waals surface area contributed by atoms with Crippen LogP contribution in [-0.2, 0) is 4.79 Å². The standard InChI is InChI=1S/C13H20N4O/c1-3-10(2)16-12-8-13(15-9-14-12)17-6-4-11(18)5-7-17/h8-10H,3-7H2,1-2H3,(H,14,15,16). The quantitative estimate of drug-likeness (QED) is 0.881. The number of rotatable bonds is 4. The van der Waals surface area contributed by atoms with Crippen LogP contribution in [0.15, 0.2) is 12.4 Å². The molecule has 0 radical (unpaired) electrons. The average molecular weight is 248 g/mol. The molecule has 2 rings (SSSR count). The number of hydrogen-bond acceptors (Lipinski definition) is 5. The Balaban J connectivity index is 2.04. The summed E-state index contributed by atoms with van der Waals surface area (Å²) in [6.07, 6.45) is 3.88. The summed E-state index contributed by atoms with van der Waals surface area (Å²) in [5.74, 6) is 2.10. The summed E-state index contributed by atoms with van der Waals surface area (Å²) in [4.78, 5) is 21.9. The molecule has 0 amide bonds. The largest absolute Gasteiger partial charge is 0.367 e. The number of aromatic nitrogens is 2. The number of Topliss-reactive ketones (excluding diaryl/α,β-unsaturated/α-hetero) is 1. The lowest BCUT2D eigenvalue weighted by molar-refractivity contribution is -0.119. The van der Waals surface area contributed by atoms with Crippen LogP contribution in [0.4, 0.5) is 11.6 Å². The van der Waals surface area contributed by atoms with E-state index in [1.54, 1.807) is 6.33 Å². The number of nitrogens with one attached hydrogen (secondary N) is 1. The first kappa shape index (κ1) is 12.8. The number of ketones is 1. The SMILES string of the molecule is CCC(C)Nc1cc(N2CCC(=O)CC2)ncn1. The molecular weight excluding hydrogens is 228 g/mol. The summed E-state index contributed by atoms with van der Waals surface area (Å²) in [6, 6.07) is 2.36. The summed E-state index contributed by atoms with van der Waals surface area (Å²) < 4.78 is 0. The number of nitrogens with zero attached hydrogens (tertiary/aromatic N) is 3. The van der Waals surface area contributed by atoms with Gasteiger partial charge in [0.1, 0.15) is 23.7 Å². The molecule has 1 aromatic rings. The highest BCUT2D eigenvalue weighted by Crippen LogP contribution is 2.18. The number of anilines is 2. The lowest BCUT2D eigenvalue weighted by Gasteiger charge is -2.27. The third kappa shape index (κ3) is 3.18. The summed E-state index contributed by atoms with van der Waals surface area (Å²) in [7, 11) is 0. The van der Waals surface area contributed by atoms with Gasteiger partial charge in [-0.25, -0.2) is 9.97 Å². The third-order valence-electron chi connectivity index (χ3n) is 3.30. The van der Waals surface area contributed by atoms with Crippen LogP contribution in [-0.4, -0.2) is 34.9 Å². The minimum atomic E-state index is 0.346. The smallest absolute Gasteiger partial charge is 0.136 e. The fourth-order valence-corrected chi connectivity index (χ4v) is 1.94. The minimum Gasteiger partial charge on any atom is -0.367 e. The molecule has 1 saturated heterocycles. The van der Waals surface area contributed by atoms with Crippen molar-refractivity contribution in [1.82, 2.24) is 9.97 Å². The van der Waals surface area contributed by atoms with Crippen LogP contribution in [0.2, 0.25) is 0 Å². The predicted molar refractivity (Wildman–Crippen MR) is 71.9 cm³/mol. The Hall–Kier alpha value is -1.65. The molecule has 5 nitrogen and oxygen atoms in total. The number of carbonyl (C=O) groups is 1. The molecule has 2 heterocycles. The van der Waals surface area contributed by atoms with Crippen LogP contribution >= 0.6 is 0 Å². The van der Waals surface area contributed by atoms with Crippen LogP contribution in [0.5, 0.6) is 0 Å². The third-order valence-corrected chi connectivity index (χ3v) is 3.30. The van der Waals surface area contributed by atoms with Gasteiger partial charge in [-0.2, -0.15) is 0 Å². The van der Waals surface area contributed by atoms with Gasteiger partial charge in [-0.3, -0.25) is 4.79 Å². The van der Waals surface area contributed by atoms with Crippen molar-refractivity contribution in [3.63, 3.8) is 0 Å². The van der Waals surface area contributed by atoms with Gasteiger partial charge in [0, 0.05) is 38.0 Å². The van der Waals surface area contributed by atoms with E-state index in [0.717, 1.165) is 31.1 Å². The van der Waals surface area contributed by atoms with Gasteiger partial charge in [0.15, 0.2) is 0 Å². The van der Waals surface area contributed by atoms with Crippen LogP contribution in [0.3, 0.4) is 0 Å². The molecule has 1 aromatic heterocycles. The van der Waals surface area contributed by atoms with Crippen molar-refractivity contribution in [2.75, 3.05) is 23.3 Å². The summed E-state index contributed by atoms with van der Waals surface area (Å²) in [5.41, 5.74) is 0. The lowest BCUT2D eigenvalue weighted by Crippen LogP contribution is -2.34. The first-order valence-corrected chi connectivity index (χ1v) is 6.54. The Kier molecular flexibility index (Phi) is 4.12. The van der Waals surface area contributed by atoms with Crippen molar-refractivity contribution in [3.8, 4) is 0 Å². The summed E-state index contributed by atoms with van der Waals surface area (Å²) in [6.45, 7) is 5.79. The van der Waals surface area contributed by atoms with Crippen molar-refractivity contribution >= 4 is 17.4 Å². The van der Waals surface area contributed by atoms with E-state index in [1.807, 2.05) is 6.07 Å². The van der Waals surface area contributed by atoms with Crippen molar-refractivity contribution in [2.45, 2.75) is 39.2 Å². The van der Waals surface area contributed by atoms with Crippen molar-refractivity contribution in [2.24, 2.45) is 0 Å². The van der Waals surface area contributed by atoms with E-state index < -0.39 is 0 Å². The number of carbonyl (C=O) groups excluding carboxylic acids is 1. The number of hydrogen-bond donors (Lipinski definition) is 1. The van der Waals surface area contributed by atoms with Crippen molar-refractivity contribution < 1.29 is 4.79 Å². The molecule has 1 unspecified atom stereocenters. The molecule has 0 spiro atoms. The summed E-state index contributed by atoms with van der Waals surface area (Å²) in [5, 5.41) is 3.34. The molecule has 1 N–H and O–H groups in total. The van der Waals surface area contributed by atoms with Crippen LogP contribution < -0.4 is 10.2 Å². The Morgan fingerprint density at radius 2 is 2.11 bits per heavy atom. The number of piperidine rings is 1. The zero-order valence-corrected chi connectivity index (χ0v) is 11.0. The van der Waals surface area contributed by atoms with Gasteiger partial charge >= 0.3 is 0 Å². The van der Waals surface area contributed by atoms with E-state index in [2.05, 4.69) is 34.0 Å². The second kappa shape index (κ2) is 5.80. The Morgan fingerprint density at radius 3 is 2.78 bits per heavy atom. The molecule has 1 aliphatic rings. The fraction of sp³-hybridized carbons (Fsp3) is 0.615. The van der Waals surface area contributed by atoms with Crippen LogP contribution in [0, 0.1) is 0 Å². The van der Waals surface area contributed by atoms with Gasteiger partial charge in [-0.05, 0) is 13.3 Å². The van der Waals surface area contributed by atoms with Crippen molar-refractivity contribution in [3.05, 3.63) is 12.4 Å². The monoisotopic (exact) mass is 248 g/mol. The van der Waals surface area contributed by atoms with Crippen LogP contribution in [0.25, 0.3) is 0 Å². The molecule has 0 aromatic carbocycles. The van der Waals surface area contributed by atoms with Gasteiger partial charge in [-0.15, -0.1) is 0 Å². The minimum absolute atomic E-state index is 0.346. The lowest BCUT2D eigenvalue weighted by atomic mass is 10.1. The van der Waals surface area contributed by atoms with Crippen LogP contribution in [0.1, 0.15) is 33.1 Å². The normalized spacial score (nSPS) is 17.7. The molecule has 0 saturated carbocycles. The Morgan fingerprint density at radius 1 is 1.39 bits per heavy atom. The van der Waals surface area contributed by atoms with E-state index in [4.69, 9.17) is 0 Å². The van der Waals surface area contributed by atoms with E-state index in [9.17, 15) is 4.79 Å². The first-order valence-electron chi connectivity index (χ1n) is 6.54. The highest BCUT2D eigenvalue weighted by molar-refractivity contribution is 5.80. The highest BCUT2D eigenvalue weighted by Gasteiger charge is 2.17. The molecule has 0 aliphatic carbocycles. The van der Waals surface area contributed by atoms with Gasteiger partial charge in [0.2, 0.25) is 0 Å². The molecule has 1 fully saturated rings. The zero-order valence-electron chi connectivity index (χ0n) is 11.0. The Labute approximate surface area is 108 Å². The van der Waals surface area contributed by atoms with E-state index in [0.29, 0.717) is 24.7 Å². The van der Waals surface area contributed by atoms with Gasteiger partial charge in [0.05, 0.1) is 0 Å². The van der Waals surface area contributed by atoms with E-state index in [1.165, 1.54) is 0 Å².